The number of aliphatic hydroxyl groups excluding tert-OH is 1. The van der Waals surface area contributed by atoms with E-state index in [2.05, 4.69) is 4.90 Å². The molecule has 3 rings (SSSR count). The molecule has 0 aromatic carbocycles. The minimum Gasteiger partial charge on any atom is -0.390 e. The van der Waals surface area contributed by atoms with Crippen molar-refractivity contribution in [2.75, 3.05) is 19.7 Å². The number of hydrogen-bond acceptors (Lipinski definition) is 5. The Labute approximate surface area is 89.1 Å². The average Bonchev–Trinajstić information content (AvgIpc) is 2.85. The zero-order valence-corrected chi connectivity index (χ0v) is 8.71. The van der Waals surface area contributed by atoms with Crippen LogP contribution >= 0.6 is 0 Å². The van der Waals surface area contributed by atoms with Crippen molar-refractivity contribution in [3.8, 4) is 0 Å². The maximum absolute atomic E-state index is 10.2. The highest BCUT2D eigenvalue weighted by Crippen LogP contribution is 2.31. The van der Waals surface area contributed by atoms with E-state index in [9.17, 15) is 5.11 Å². The van der Waals surface area contributed by atoms with Gasteiger partial charge in [0, 0.05) is 0 Å². The first-order chi connectivity index (χ1) is 7.27. The Hall–Kier alpha value is -0.200. The van der Waals surface area contributed by atoms with Gasteiger partial charge in [0.05, 0.1) is 24.8 Å². The second kappa shape index (κ2) is 3.68. The topological polar surface area (TPSA) is 68.0 Å². The van der Waals surface area contributed by atoms with Crippen molar-refractivity contribution in [2.24, 2.45) is 5.73 Å². The summed E-state index contributed by atoms with van der Waals surface area (Å²) in [7, 11) is 0. The van der Waals surface area contributed by atoms with Crippen molar-refractivity contribution in [1.29, 1.82) is 0 Å². The van der Waals surface area contributed by atoms with E-state index < -0.39 is 6.10 Å². The Balaban J connectivity index is 1.80. The molecule has 3 fully saturated rings. The Morgan fingerprint density at radius 1 is 1.27 bits per heavy atom. The molecule has 0 radical (unpaired) electrons. The zero-order chi connectivity index (χ0) is 10.4. The molecule has 0 saturated carbocycles. The second-order valence-corrected chi connectivity index (χ2v) is 4.68. The molecular formula is C10H18N2O3. The van der Waals surface area contributed by atoms with Crippen molar-refractivity contribution in [2.45, 2.75) is 43.4 Å². The van der Waals surface area contributed by atoms with Crippen LogP contribution in [-0.4, -0.2) is 60.3 Å². The molecule has 5 heteroatoms. The average molecular weight is 214 g/mol. The van der Waals surface area contributed by atoms with Crippen molar-refractivity contribution < 1.29 is 14.6 Å². The molecule has 0 spiro atoms. The Morgan fingerprint density at radius 3 is 2.73 bits per heavy atom. The van der Waals surface area contributed by atoms with Crippen molar-refractivity contribution in [1.82, 2.24) is 4.90 Å². The maximum Gasteiger partial charge on any atom is 0.176 e. The lowest BCUT2D eigenvalue weighted by Gasteiger charge is -2.41. The third kappa shape index (κ3) is 1.50. The molecule has 5 atom stereocenters. The molecule has 15 heavy (non-hydrogen) atoms. The summed E-state index contributed by atoms with van der Waals surface area (Å²) >= 11 is 0. The van der Waals surface area contributed by atoms with Gasteiger partial charge in [-0.1, -0.05) is 0 Å². The minimum atomic E-state index is -0.519. The predicted molar refractivity (Wildman–Crippen MR) is 53.2 cm³/mol. The molecule has 3 heterocycles. The lowest BCUT2D eigenvalue weighted by molar-refractivity contribution is -0.174. The SMILES string of the molecule is N[C@H]1[C@H](O)[C@@H](N2CCCC2)[C@@H]2OC[C@H]1O2. The summed E-state index contributed by atoms with van der Waals surface area (Å²) in [6, 6.07) is -0.379. The van der Waals surface area contributed by atoms with E-state index in [0.29, 0.717) is 6.61 Å². The molecule has 86 valence electrons. The van der Waals surface area contributed by atoms with Crippen molar-refractivity contribution in [3.63, 3.8) is 0 Å². The standard InChI is InChI=1S/C10H18N2O3/c11-7-6-5-14-10(15-6)8(9(7)13)12-3-1-2-4-12/h6-10,13H,1-5,11H2/t6-,7-,8-,9+,10-/m1/s1. The highest BCUT2D eigenvalue weighted by molar-refractivity contribution is 5.00. The van der Waals surface area contributed by atoms with Gasteiger partial charge < -0.3 is 20.3 Å². The number of hydrogen-bond donors (Lipinski definition) is 2. The monoisotopic (exact) mass is 214 g/mol. The van der Waals surface area contributed by atoms with Crippen LogP contribution in [0.4, 0.5) is 0 Å². The van der Waals surface area contributed by atoms with Crippen LogP contribution in [-0.2, 0) is 9.47 Å². The van der Waals surface area contributed by atoms with Crippen LogP contribution in [0, 0.1) is 0 Å². The van der Waals surface area contributed by atoms with Gasteiger partial charge in [0.2, 0.25) is 0 Å². The largest absolute Gasteiger partial charge is 0.390 e. The Morgan fingerprint density at radius 2 is 2.00 bits per heavy atom. The Bertz CT molecular complexity index is 243. The summed E-state index contributed by atoms with van der Waals surface area (Å²) in [5, 5.41) is 10.2. The summed E-state index contributed by atoms with van der Waals surface area (Å²) in [4.78, 5) is 2.25. The van der Waals surface area contributed by atoms with Gasteiger partial charge in [0.25, 0.3) is 0 Å². The third-order valence-corrected chi connectivity index (χ3v) is 3.75. The molecule has 0 amide bonds. The molecule has 0 unspecified atom stereocenters. The van der Waals surface area contributed by atoms with Crippen LogP contribution in [0.3, 0.4) is 0 Å². The molecular weight excluding hydrogens is 196 g/mol. The van der Waals surface area contributed by atoms with Crippen LogP contribution in [0.5, 0.6) is 0 Å². The molecule has 0 aliphatic carbocycles. The maximum atomic E-state index is 10.2. The molecule has 3 saturated heterocycles. The molecule has 0 aromatic heterocycles. The second-order valence-electron chi connectivity index (χ2n) is 4.68. The van der Waals surface area contributed by atoms with E-state index in [1.54, 1.807) is 0 Å². The van der Waals surface area contributed by atoms with E-state index in [1.807, 2.05) is 0 Å². The van der Waals surface area contributed by atoms with E-state index in [1.165, 1.54) is 12.8 Å². The lowest BCUT2D eigenvalue weighted by atomic mass is 9.96. The number of nitrogens with two attached hydrogens (primary N) is 1. The summed E-state index contributed by atoms with van der Waals surface area (Å²) in [5.41, 5.74) is 5.94. The van der Waals surface area contributed by atoms with Gasteiger partial charge >= 0.3 is 0 Å². The lowest BCUT2D eigenvalue weighted by Crippen LogP contribution is -2.62. The van der Waals surface area contributed by atoms with E-state index in [-0.39, 0.29) is 24.5 Å². The van der Waals surface area contributed by atoms with E-state index in [4.69, 9.17) is 15.2 Å². The smallest absolute Gasteiger partial charge is 0.176 e. The first-order valence-electron chi connectivity index (χ1n) is 5.72. The number of nitrogens with zero attached hydrogens (tertiary/aromatic N) is 1. The van der Waals surface area contributed by atoms with Gasteiger partial charge in [-0.3, -0.25) is 4.90 Å². The number of likely N-dealkylation sites (tertiary alicyclic amines) is 1. The van der Waals surface area contributed by atoms with Crippen LogP contribution in [0.25, 0.3) is 0 Å². The fourth-order valence-electron chi connectivity index (χ4n) is 2.86. The summed E-state index contributed by atoms with van der Waals surface area (Å²) in [6.45, 7) is 2.55. The number of fused-ring (bicyclic) bond motifs is 2. The molecule has 0 aromatic rings. The van der Waals surface area contributed by atoms with Gasteiger partial charge in [-0.25, -0.2) is 0 Å². The van der Waals surface area contributed by atoms with Crippen LogP contribution in [0.15, 0.2) is 0 Å². The van der Waals surface area contributed by atoms with Crippen LogP contribution < -0.4 is 5.73 Å². The van der Waals surface area contributed by atoms with Crippen molar-refractivity contribution >= 4 is 0 Å². The third-order valence-electron chi connectivity index (χ3n) is 3.75. The summed E-state index contributed by atoms with van der Waals surface area (Å²) in [5.74, 6) is 0. The van der Waals surface area contributed by atoms with Gasteiger partial charge in [0.15, 0.2) is 6.29 Å². The molecule has 3 aliphatic rings. The van der Waals surface area contributed by atoms with Crippen molar-refractivity contribution in [3.05, 3.63) is 0 Å². The van der Waals surface area contributed by atoms with E-state index in [0.717, 1.165) is 13.1 Å². The normalized spacial score (nSPS) is 51.2. The predicted octanol–water partition coefficient (Wildman–Crippen LogP) is -1.11. The highest BCUT2D eigenvalue weighted by atomic mass is 16.7. The van der Waals surface area contributed by atoms with E-state index >= 15 is 0 Å². The molecule has 3 N–H and O–H groups in total. The molecule has 3 aliphatic heterocycles. The van der Waals surface area contributed by atoms with Gasteiger partial charge in [-0.15, -0.1) is 0 Å². The summed E-state index contributed by atoms with van der Waals surface area (Å²) in [6.07, 6.45) is 1.46. The number of aliphatic hydroxyl groups is 1. The first-order valence-corrected chi connectivity index (χ1v) is 5.72. The minimum absolute atomic E-state index is 0.0683. The molecule has 2 bridgehead atoms. The number of ether oxygens (including phenoxy) is 2. The first kappa shape index (κ1) is 9.99. The van der Waals surface area contributed by atoms with Gasteiger partial charge in [-0.2, -0.15) is 0 Å². The fourth-order valence-corrected chi connectivity index (χ4v) is 2.86. The fraction of sp³-hybridized carbons (Fsp3) is 1.00. The quantitative estimate of drug-likeness (QED) is 0.579. The van der Waals surface area contributed by atoms with Crippen LogP contribution in [0.2, 0.25) is 0 Å². The Kier molecular flexibility index (Phi) is 2.45. The zero-order valence-electron chi connectivity index (χ0n) is 8.71. The number of rotatable bonds is 1. The van der Waals surface area contributed by atoms with Gasteiger partial charge in [0.1, 0.15) is 6.10 Å². The summed E-state index contributed by atoms with van der Waals surface area (Å²) < 4.78 is 11.2. The molecule has 5 nitrogen and oxygen atoms in total. The van der Waals surface area contributed by atoms with Gasteiger partial charge in [-0.05, 0) is 25.9 Å². The van der Waals surface area contributed by atoms with Crippen LogP contribution in [0.1, 0.15) is 12.8 Å². The highest BCUT2D eigenvalue weighted by Gasteiger charge is 2.50.